The fourth-order valence-corrected chi connectivity index (χ4v) is 1.28. The number of hydrogen-bond acceptors (Lipinski definition) is 0. The van der Waals surface area contributed by atoms with Gasteiger partial charge >= 0.3 is 0 Å². The second kappa shape index (κ2) is 11.5. The van der Waals surface area contributed by atoms with E-state index in [2.05, 4.69) is 38.2 Å². The molecule has 0 heterocycles. The summed E-state index contributed by atoms with van der Waals surface area (Å²) in [6, 6.07) is 0. The van der Waals surface area contributed by atoms with Gasteiger partial charge in [0.2, 0.25) is 0 Å². The zero-order valence-electron chi connectivity index (χ0n) is 9.26. The Morgan fingerprint density at radius 3 is 2.15 bits per heavy atom. The summed E-state index contributed by atoms with van der Waals surface area (Å²) in [4.78, 5) is 0. The van der Waals surface area contributed by atoms with E-state index < -0.39 is 0 Å². The summed E-state index contributed by atoms with van der Waals surface area (Å²) in [6.07, 6.45) is 18.2. The Hall–Kier alpha value is -0.520. The largest absolute Gasteiger partial charge is 0.0917 e. The molecule has 0 saturated carbocycles. The van der Waals surface area contributed by atoms with E-state index in [4.69, 9.17) is 0 Å². The molecule has 0 heteroatoms. The Balaban J connectivity index is 3.03. The van der Waals surface area contributed by atoms with Crippen molar-refractivity contribution in [3.05, 3.63) is 24.3 Å². The van der Waals surface area contributed by atoms with Crippen molar-refractivity contribution >= 4 is 0 Å². The normalized spacial score (nSPS) is 11.8. The van der Waals surface area contributed by atoms with Crippen LogP contribution in [0.5, 0.6) is 0 Å². The van der Waals surface area contributed by atoms with Gasteiger partial charge in [0, 0.05) is 0 Å². The molecule has 0 N–H and O–H groups in total. The average molecular weight is 180 g/mol. The molecule has 0 spiro atoms. The first-order valence-corrected chi connectivity index (χ1v) is 5.68. The number of rotatable bonds is 8. The number of allylic oxidation sites excluding steroid dienone is 4. The molecule has 0 atom stereocenters. The highest BCUT2D eigenvalue weighted by molar-refractivity contribution is 4.86. The smallest absolute Gasteiger partial charge is 0.0316 e. The molecule has 0 aliphatic heterocycles. The van der Waals surface area contributed by atoms with Gasteiger partial charge in [-0.05, 0) is 32.6 Å². The topological polar surface area (TPSA) is 0 Å². The molecule has 0 saturated heterocycles. The number of unbranched alkanes of at least 4 members (excludes halogenated alkanes) is 5. The molecule has 0 aromatic rings. The van der Waals surface area contributed by atoms with Crippen LogP contribution < -0.4 is 0 Å². The van der Waals surface area contributed by atoms with E-state index in [-0.39, 0.29) is 0 Å². The Kier molecular flexibility index (Phi) is 11.0. The summed E-state index contributed by atoms with van der Waals surface area (Å²) < 4.78 is 0. The van der Waals surface area contributed by atoms with E-state index in [0.717, 1.165) is 0 Å². The van der Waals surface area contributed by atoms with Crippen LogP contribution in [0.3, 0.4) is 0 Å². The van der Waals surface area contributed by atoms with Gasteiger partial charge in [0.1, 0.15) is 0 Å². The van der Waals surface area contributed by atoms with E-state index in [9.17, 15) is 0 Å². The summed E-state index contributed by atoms with van der Waals surface area (Å²) in [7, 11) is 0. The SMILES string of the molecule is C/C=C/CC/C=C/CCCCCC. The van der Waals surface area contributed by atoms with Crippen LogP contribution in [0, 0.1) is 0 Å². The molecule has 0 amide bonds. The molecule has 0 radical (unpaired) electrons. The van der Waals surface area contributed by atoms with Crippen LogP contribution in [0.1, 0.15) is 58.8 Å². The minimum absolute atomic E-state index is 1.20. The van der Waals surface area contributed by atoms with E-state index in [0.29, 0.717) is 0 Å². The molecule has 0 aliphatic carbocycles. The zero-order valence-corrected chi connectivity index (χ0v) is 9.26. The highest BCUT2D eigenvalue weighted by Crippen LogP contribution is 2.03. The minimum Gasteiger partial charge on any atom is -0.0917 e. The summed E-state index contributed by atoms with van der Waals surface area (Å²) >= 11 is 0. The van der Waals surface area contributed by atoms with Gasteiger partial charge in [0.25, 0.3) is 0 Å². The first-order chi connectivity index (χ1) is 6.41. The van der Waals surface area contributed by atoms with Crippen LogP contribution >= 0.6 is 0 Å². The summed E-state index contributed by atoms with van der Waals surface area (Å²) in [5, 5.41) is 0. The fourth-order valence-electron chi connectivity index (χ4n) is 1.28. The molecule has 0 rings (SSSR count). The molecule has 0 aliphatic rings. The van der Waals surface area contributed by atoms with Crippen molar-refractivity contribution in [2.24, 2.45) is 0 Å². The van der Waals surface area contributed by atoms with Crippen LogP contribution in [-0.4, -0.2) is 0 Å². The lowest BCUT2D eigenvalue weighted by Gasteiger charge is -1.93. The van der Waals surface area contributed by atoms with Crippen molar-refractivity contribution in [3.8, 4) is 0 Å². The lowest BCUT2D eigenvalue weighted by Crippen LogP contribution is -1.73. The first kappa shape index (κ1) is 12.5. The van der Waals surface area contributed by atoms with Gasteiger partial charge in [0.15, 0.2) is 0 Å². The quantitative estimate of drug-likeness (QED) is 0.369. The second-order valence-electron chi connectivity index (χ2n) is 3.47. The van der Waals surface area contributed by atoms with Gasteiger partial charge in [-0.2, -0.15) is 0 Å². The predicted molar refractivity (Wildman–Crippen MR) is 61.9 cm³/mol. The molecule has 0 fully saturated rings. The number of hydrogen-bond donors (Lipinski definition) is 0. The van der Waals surface area contributed by atoms with Crippen molar-refractivity contribution < 1.29 is 0 Å². The molecule has 0 aromatic heterocycles. The van der Waals surface area contributed by atoms with Crippen LogP contribution in [0.25, 0.3) is 0 Å². The maximum Gasteiger partial charge on any atom is -0.0316 e. The minimum atomic E-state index is 1.20. The summed E-state index contributed by atoms with van der Waals surface area (Å²) in [5.41, 5.74) is 0. The fraction of sp³-hybridized carbons (Fsp3) is 0.692. The third-order valence-electron chi connectivity index (χ3n) is 2.13. The van der Waals surface area contributed by atoms with E-state index in [1.807, 2.05) is 0 Å². The second-order valence-corrected chi connectivity index (χ2v) is 3.47. The van der Waals surface area contributed by atoms with Crippen LogP contribution in [0.4, 0.5) is 0 Å². The average Bonchev–Trinajstić information content (AvgIpc) is 2.16. The van der Waals surface area contributed by atoms with Crippen LogP contribution in [0.2, 0.25) is 0 Å². The Bertz CT molecular complexity index is 131. The van der Waals surface area contributed by atoms with Gasteiger partial charge < -0.3 is 0 Å². The molecule has 13 heavy (non-hydrogen) atoms. The maximum absolute atomic E-state index is 2.33. The monoisotopic (exact) mass is 180 g/mol. The molecular formula is C13H24. The van der Waals surface area contributed by atoms with Crippen molar-refractivity contribution in [3.63, 3.8) is 0 Å². The van der Waals surface area contributed by atoms with Crippen LogP contribution in [0.15, 0.2) is 24.3 Å². The molecular weight excluding hydrogens is 156 g/mol. The Morgan fingerprint density at radius 2 is 1.46 bits per heavy atom. The highest BCUT2D eigenvalue weighted by Gasteiger charge is 1.83. The van der Waals surface area contributed by atoms with Crippen LogP contribution in [-0.2, 0) is 0 Å². The molecule has 76 valence electrons. The lowest BCUT2D eigenvalue weighted by atomic mass is 10.1. The zero-order chi connectivity index (χ0) is 9.78. The molecule has 0 aromatic carbocycles. The molecule has 0 nitrogen and oxygen atoms in total. The summed E-state index contributed by atoms with van der Waals surface area (Å²) in [5.74, 6) is 0. The third-order valence-corrected chi connectivity index (χ3v) is 2.13. The van der Waals surface area contributed by atoms with Gasteiger partial charge in [-0.3, -0.25) is 0 Å². The van der Waals surface area contributed by atoms with Crippen molar-refractivity contribution in [1.29, 1.82) is 0 Å². The van der Waals surface area contributed by atoms with Crippen molar-refractivity contribution in [1.82, 2.24) is 0 Å². The highest BCUT2D eigenvalue weighted by atomic mass is 13.9. The van der Waals surface area contributed by atoms with Crippen molar-refractivity contribution in [2.45, 2.75) is 58.8 Å². The van der Waals surface area contributed by atoms with E-state index in [1.54, 1.807) is 0 Å². The first-order valence-electron chi connectivity index (χ1n) is 5.68. The van der Waals surface area contributed by atoms with Gasteiger partial charge in [0.05, 0.1) is 0 Å². The van der Waals surface area contributed by atoms with E-state index in [1.165, 1.54) is 44.9 Å². The molecule has 0 unspecified atom stereocenters. The molecule has 0 bridgehead atoms. The Morgan fingerprint density at radius 1 is 0.769 bits per heavy atom. The maximum atomic E-state index is 2.33. The predicted octanol–water partition coefficient (Wildman–Crippen LogP) is 4.87. The third kappa shape index (κ3) is 11.5. The van der Waals surface area contributed by atoms with E-state index >= 15 is 0 Å². The lowest BCUT2D eigenvalue weighted by molar-refractivity contribution is 0.674. The van der Waals surface area contributed by atoms with Gasteiger partial charge in [-0.1, -0.05) is 50.5 Å². The van der Waals surface area contributed by atoms with Gasteiger partial charge in [-0.25, -0.2) is 0 Å². The Labute approximate surface area is 83.7 Å². The standard InChI is InChI=1S/C13H24/c1-3-5-7-9-11-13-12-10-8-6-4-2/h3,5,11,13H,4,6-10,12H2,1-2H3/b5-3+,13-11+. The van der Waals surface area contributed by atoms with Crippen molar-refractivity contribution in [2.75, 3.05) is 0 Å². The van der Waals surface area contributed by atoms with Gasteiger partial charge in [-0.15, -0.1) is 0 Å². The summed E-state index contributed by atoms with van der Waals surface area (Å²) in [6.45, 7) is 4.33.